The molecular formula is C16H22N2O3S. The van der Waals surface area contributed by atoms with Gasteiger partial charge in [-0.2, -0.15) is 0 Å². The minimum atomic E-state index is -0.539. The summed E-state index contributed by atoms with van der Waals surface area (Å²) in [5, 5.41) is -0.0111. The predicted octanol–water partition coefficient (Wildman–Crippen LogP) is 2.61. The summed E-state index contributed by atoms with van der Waals surface area (Å²) in [6, 6.07) is 7.91. The second kappa shape index (κ2) is 6.52. The number of nitrogens with zero attached hydrogens (tertiary/aromatic N) is 1. The maximum Gasteiger partial charge on any atom is 0.410 e. The van der Waals surface area contributed by atoms with Crippen LogP contribution in [0.25, 0.3) is 0 Å². The van der Waals surface area contributed by atoms with Crippen molar-refractivity contribution in [3.05, 3.63) is 35.4 Å². The van der Waals surface area contributed by atoms with Crippen molar-refractivity contribution in [2.24, 2.45) is 5.73 Å². The molecule has 1 aliphatic rings. The van der Waals surface area contributed by atoms with Gasteiger partial charge in [0.1, 0.15) is 12.2 Å². The molecule has 1 unspecified atom stereocenters. The molecule has 1 aromatic rings. The molecule has 5 nitrogen and oxygen atoms in total. The number of fused-ring (bicyclic) bond motifs is 1. The molecule has 2 rings (SSSR count). The van der Waals surface area contributed by atoms with Gasteiger partial charge >= 0.3 is 6.09 Å². The van der Waals surface area contributed by atoms with Gasteiger partial charge in [0.25, 0.3) is 5.17 Å². The Morgan fingerprint density at radius 2 is 2.00 bits per heavy atom. The number of carbonyl (C=O) groups excluding carboxylic acids is 1. The summed E-state index contributed by atoms with van der Waals surface area (Å²) in [4.78, 5) is 14.1. The average molecular weight is 322 g/mol. The molecule has 6 heteroatoms. The van der Waals surface area contributed by atoms with Crippen molar-refractivity contribution in [3.8, 4) is 0 Å². The van der Waals surface area contributed by atoms with Crippen LogP contribution < -0.4 is 5.73 Å². The quantitative estimate of drug-likeness (QED) is 0.848. The first-order chi connectivity index (χ1) is 10.3. The second-order valence-electron chi connectivity index (χ2n) is 6.36. The van der Waals surface area contributed by atoms with Crippen molar-refractivity contribution in [3.63, 3.8) is 0 Å². The van der Waals surface area contributed by atoms with E-state index in [1.54, 1.807) is 4.90 Å². The van der Waals surface area contributed by atoms with Crippen LogP contribution in [-0.4, -0.2) is 34.4 Å². The zero-order chi connectivity index (χ0) is 16.3. The van der Waals surface area contributed by atoms with Gasteiger partial charge in [-0.05, 0) is 50.5 Å². The monoisotopic (exact) mass is 322 g/mol. The number of amides is 1. The Balaban J connectivity index is 2.19. The first kappa shape index (κ1) is 16.5. The standard InChI is InChI=1S/C16H22N2O3S/c1-16(2,3)21-15(19)18-9-12-7-5-4-6-11(12)8-13(18)10-20-14(17)22/h4-7,13H,8-10H2,1-3H3,(H2,17,22). The van der Waals surface area contributed by atoms with E-state index in [9.17, 15) is 4.79 Å². The summed E-state index contributed by atoms with van der Waals surface area (Å²) in [6.07, 6.45) is 0.344. The molecule has 2 N–H and O–H groups in total. The van der Waals surface area contributed by atoms with Gasteiger partial charge in [-0.25, -0.2) is 4.79 Å². The zero-order valence-electron chi connectivity index (χ0n) is 13.2. The summed E-state index contributed by atoms with van der Waals surface area (Å²) in [5.41, 5.74) is 7.20. The van der Waals surface area contributed by atoms with Crippen LogP contribution in [0.5, 0.6) is 0 Å². The lowest BCUT2D eigenvalue weighted by molar-refractivity contribution is 0.00563. The Labute approximate surface area is 136 Å². The molecule has 0 aliphatic carbocycles. The summed E-state index contributed by atoms with van der Waals surface area (Å²) in [5.74, 6) is 0. The maximum atomic E-state index is 12.5. The number of ether oxygens (including phenoxy) is 2. The highest BCUT2D eigenvalue weighted by Gasteiger charge is 2.33. The summed E-state index contributed by atoms with van der Waals surface area (Å²) >= 11 is 4.75. The Morgan fingerprint density at radius 3 is 2.59 bits per heavy atom. The van der Waals surface area contributed by atoms with Crippen LogP contribution in [-0.2, 0) is 22.4 Å². The van der Waals surface area contributed by atoms with Crippen molar-refractivity contribution in [1.29, 1.82) is 0 Å². The lowest BCUT2D eigenvalue weighted by Crippen LogP contribution is -2.49. The molecule has 0 bridgehead atoms. The smallest absolute Gasteiger partial charge is 0.410 e. The minimum Gasteiger partial charge on any atom is -0.469 e. The third-order valence-electron chi connectivity index (χ3n) is 3.40. The first-order valence-electron chi connectivity index (χ1n) is 7.25. The fourth-order valence-electron chi connectivity index (χ4n) is 2.45. The largest absolute Gasteiger partial charge is 0.469 e. The minimum absolute atomic E-state index is 0.0111. The molecule has 22 heavy (non-hydrogen) atoms. The lowest BCUT2D eigenvalue weighted by Gasteiger charge is -2.37. The highest BCUT2D eigenvalue weighted by molar-refractivity contribution is 7.80. The van der Waals surface area contributed by atoms with E-state index in [1.807, 2.05) is 39.0 Å². The van der Waals surface area contributed by atoms with Gasteiger partial charge in [0.05, 0.1) is 6.04 Å². The number of hydrogen-bond acceptors (Lipinski definition) is 4. The molecule has 1 heterocycles. The summed E-state index contributed by atoms with van der Waals surface area (Å²) in [7, 11) is 0. The van der Waals surface area contributed by atoms with E-state index >= 15 is 0 Å². The van der Waals surface area contributed by atoms with Crippen molar-refractivity contribution in [2.45, 2.75) is 45.4 Å². The molecule has 0 spiro atoms. The fourth-order valence-corrected chi connectivity index (χ4v) is 2.52. The summed E-state index contributed by atoms with van der Waals surface area (Å²) in [6.45, 7) is 6.31. The van der Waals surface area contributed by atoms with E-state index < -0.39 is 5.60 Å². The SMILES string of the molecule is CC(C)(C)OC(=O)N1Cc2ccccc2CC1COC(N)=S. The number of hydrogen-bond donors (Lipinski definition) is 1. The Kier molecular flexibility index (Phi) is 4.90. The van der Waals surface area contributed by atoms with Gasteiger partial charge in [0, 0.05) is 6.54 Å². The fraction of sp³-hybridized carbons (Fsp3) is 0.500. The van der Waals surface area contributed by atoms with Crippen LogP contribution in [0.1, 0.15) is 31.9 Å². The normalized spacial score (nSPS) is 17.6. The lowest BCUT2D eigenvalue weighted by atomic mass is 9.95. The van der Waals surface area contributed by atoms with Crippen molar-refractivity contribution < 1.29 is 14.3 Å². The van der Waals surface area contributed by atoms with Crippen molar-refractivity contribution >= 4 is 23.5 Å². The van der Waals surface area contributed by atoms with Crippen LogP contribution in [0, 0.1) is 0 Å². The van der Waals surface area contributed by atoms with E-state index in [-0.39, 0.29) is 23.9 Å². The van der Waals surface area contributed by atoms with E-state index in [0.717, 1.165) is 5.56 Å². The molecule has 0 saturated heterocycles. The van der Waals surface area contributed by atoms with Crippen LogP contribution in [0.2, 0.25) is 0 Å². The molecular weight excluding hydrogens is 300 g/mol. The first-order valence-corrected chi connectivity index (χ1v) is 7.66. The van der Waals surface area contributed by atoms with Crippen LogP contribution >= 0.6 is 12.2 Å². The van der Waals surface area contributed by atoms with Gasteiger partial charge < -0.3 is 15.2 Å². The van der Waals surface area contributed by atoms with Crippen molar-refractivity contribution in [2.75, 3.05) is 6.61 Å². The molecule has 120 valence electrons. The van der Waals surface area contributed by atoms with Crippen LogP contribution in [0.15, 0.2) is 24.3 Å². The maximum absolute atomic E-state index is 12.5. The molecule has 1 aromatic carbocycles. The average Bonchev–Trinajstić information content (AvgIpc) is 2.42. The Hall–Kier alpha value is -1.82. The molecule has 0 radical (unpaired) electrons. The molecule has 0 saturated carbocycles. The number of rotatable bonds is 2. The van der Waals surface area contributed by atoms with Gasteiger partial charge in [0.2, 0.25) is 0 Å². The molecule has 1 atom stereocenters. The van der Waals surface area contributed by atoms with E-state index in [1.165, 1.54) is 5.56 Å². The number of nitrogens with two attached hydrogens (primary N) is 1. The van der Waals surface area contributed by atoms with E-state index in [4.69, 9.17) is 27.4 Å². The highest BCUT2D eigenvalue weighted by atomic mass is 32.1. The zero-order valence-corrected chi connectivity index (χ0v) is 14.0. The molecule has 0 fully saturated rings. The van der Waals surface area contributed by atoms with Crippen LogP contribution in [0.3, 0.4) is 0 Å². The van der Waals surface area contributed by atoms with Gasteiger partial charge in [-0.3, -0.25) is 4.90 Å². The Morgan fingerprint density at radius 1 is 1.36 bits per heavy atom. The van der Waals surface area contributed by atoms with Crippen LogP contribution in [0.4, 0.5) is 4.79 Å². The van der Waals surface area contributed by atoms with E-state index in [2.05, 4.69) is 6.07 Å². The third kappa shape index (κ3) is 4.34. The Bertz CT molecular complexity index is 569. The van der Waals surface area contributed by atoms with Gasteiger partial charge in [-0.15, -0.1) is 0 Å². The third-order valence-corrected chi connectivity index (χ3v) is 3.52. The topological polar surface area (TPSA) is 64.8 Å². The highest BCUT2D eigenvalue weighted by Crippen LogP contribution is 2.25. The summed E-state index contributed by atoms with van der Waals surface area (Å²) < 4.78 is 10.8. The predicted molar refractivity (Wildman–Crippen MR) is 88.4 cm³/mol. The molecule has 1 amide bonds. The van der Waals surface area contributed by atoms with E-state index in [0.29, 0.717) is 13.0 Å². The number of carbonyl (C=O) groups is 1. The van der Waals surface area contributed by atoms with Gasteiger partial charge in [0.15, 0.2) is 0 Å². The number of thiocarbonyl (C=S) groups is 1. The molecule has 1 aliphatic heterocycles. The van der Waals surface area contributed by atoms with Crippen molar-refractivity contribution in [1.82, 2.24) is 4.90 Å². The van der Waals surface area contributed by atoms with Gasteiger partial charge in [-0.1, -0.05) is 24.3 Å². The second-order valence-corrected chi connectivity index (χ2v) is 6.77. The molecule has 0 aromatic heterocycles. The number of benzene rings is 1.